The van der Waals surface area contributed by atoms with Crippen LogP contribution in [0.3, 0.4) is 0 Å². The Morgan fingerprint density at radius 2 is 1.71 bits per heavy atom. The predicted octanol–water partition coefficient (Wildman–Crippen LogP) is 5.19. The molecule has 1 amide bonds. The van der Waals surface area contributed by atoms with Crippen LogP contribution in [0.25, 0.3) is 0 Å². The first-order valence-electron chi connectivity index (χ1n) is 8.59. The van der Waals surface area contributed by atoms with Crippen LogP contribution in [0.5, 0.6) is 17.2 Å². The highest BCUT2D eigenvalue weighted by molar-refractivity contribution is 6.30. The number of benzene rings is 3. The van der Waals surface area contributed by atoms with E-state index < -0.39 is 0 Å². The van der Waals surface area contributed by atoms with Crippen molar-refractivity contribution in [3.8, 4) is 17.2 Å². The molecule has 3 aromatic carbocycles. The summed E-state index contributed by atoms with van der Waals surface area (Å²) in [7, 11) is 3.17. The molecule has 1 N–H and O–H groups in total. The highest BCUT2D eigenvalue weighted by Crippen LogP contribution is 2.24. The molecule has 0 aromatic heterocycles. The number of amides is 1. The number of methoxy groups -OCH3 is 2. The fourth-order valence-corrected chi connectivity index (χ4v) is 2.81. The molecule has 0 unspecified atom stereocenters. The van der Waals surface area contributed by atoms with Crippen molar-refractivity contribution in [3.05, 3.63) is 82.9 Å². The van der Waals surface area contributed by atoms with E-state index in [1.54, 1.807) is 68.8 Å². The van der Waals surface area contributed by atoms with Gasteiger partial charge < -0.3 is 19.5 Å². The summed E-state index contributed by atoms with van der Waals surface area (Å²) in [5, 5.41) is 3.46. The van der Waals surface area contributed by atoms with Gasteiger partial charge in [0.2, 0.25) is 0 Å². The molecular formula is C22H20ClNO4. The van der Waals surface area contributed by atoms with Gasteiger partial charge in [0.15, 0.2) is 0 Å². The SMILES string of the molecule is COc1ccc(NC(=O)c2ccc(OC)c(COc3cccc(Cl)c3)c2)cc1. The van der Waals surface area contributed by atoms with Crippen molar-refractivity contribution in [1.82, 2.24) is 0 Å². The van der Waals surface area contributed by atoms with E-state index in [9.17, 15) is 4.79 Å². The molecule has 0 saturated carbocycles. The van der Waals surface area contributed by atoms with E-state index in [2.05, 4.69) is 5.32 Å². The van der Waals surface area contributed by atoms with Gasteiger partial charge in [-0.2, -0.15) is 0 Å². The predicted molar refractivity (Wildman–Crippen MR) is 110 cm³/mol. The Kier molecular flexibility index (Phi) is 6.40. The van der Waals surface area contributed by atoms with Gasteiger partial charge in [-0.3, -0.25) is 4.79 Å². The molecule has 0 heterocycles. The van der Waals surface area contributed by atoms with Crippen molar-refractivity contribution in [1.29, 1.82) is 0 Å². The van der Waals surface area contributed by atoms with Crippen LogP contribution < -0.4 is 19.5 Å². The second-order valence-electron chi connectivity index (χ2n) is 5.96. The van der Waals surface area contributed by atoms with Crippen molar-refractivity contribution >= 4 is 23.2 Å². The molecule has 0 aliphatic carbocycles. The van der Waals surface area contributed by atoms with E-state index in [4.69, 9.17) is 25.8 Å². The van der Waals surface area contributed by atoms with Crippen LogP contribution in [0.4, 0.5) is 5.69 Å². The van der Waals surface area contributed by atoms with E-state index in [1.165, 1.54) is 0 Å². The fourth-order valence-electron chi connectivity index (χ4n) is 2.63. The monoisotopic (exact) mass is 397 g/mol. The van der Waals surface area contributed by atoms with Crippen LogP contribution in [0, 0.1) is 0 Å². The summed E-state index contributed by atoms with van der Waals surface area (Å²) in [5.74, 6) is 1.78. The average Bonchev–Trinajstić information content (AvgIpc) is 2.72. The molecule has 0 bridgehead atoms. The van der Waals surface area contributed by atoms with Crippen LogP contribution in [-0.4, -0.2) is 20.1 Å². The minimum atomic E-state index is -0.225. The summed E-state index contributed by atoms with van der Waals surface area (Å²) in [6, 6.07) is 19.5. The number of hydrogen-bond acceptors (Lipinski definition) is 4. The summed E-state index contributed by atoms with van der Waals surface area (Å²) in [6.45, 7) is 0.243. The number of rotatable bonds is 7. The van der Waals surface area contributed by atoms with Gasteiger partial charge in [0.1, 0.15) is 23.9 Å². The topological polar surface area (TPSA) is 56.8 Å². The Hall–Kier alpha value is -3.18. The Bertz CT molecular complexity index is 957. The van der Waals surface area contributed by atoms with Gasteiger partial charge >= 0.3 is 0 Å². The number of carbonyl (C=O) groups excluding carboxylic acids is 1. The highest BCUT2D eigenvalue weighted by atomic mass is 35.5. The highest BCUT2D eigenvalue weighted by Gasteiger charge is 2.12. The minimum Gasteiger partial charge on any atom is -0.497 e. The summed E-state index contributed by atoms with van der Waals surface area (Å²) in [6.07, 6.45) is 0. The zero-order valence-corrected chi connectivity index (χ0v) is 16.3. The maximum absolute atomic E-state index is 12.6. The van der Waals surface area contributed by atoms with Crippen LogP contribution >= 0.6 is 11.6 Å². The first kappa shape index (κ1) is 19.6. The van der Waals surface area contributed by atoms with Crippen molar-refractivity contribution in [3.63, 3.8) is 0 Å². The van der Waals surface area contributed by atoms with Crippen LogP contribution in [0.1, 0.15) is 15.9 Å². The molecule has 0 saturated heterocycles. The molecule has 144 valence electrons. The van der Waals surface area contributed by atoms with Gasteiger partial charge in [-0.1, -0.05) is 17.7 Å². The molecule has 0 spiro atoms. The second-order valence-corrected chi connectivity index (χ2v) is 6.39. The maximum atomic E-state index is 12.6. The van der Waals surface area contributed by atoms with E-state index in [-0.39, 0.29) is 12.5 Å². The van der Waals surface area contributed by atoms with Crippen molar-refractivity contribution in [2.24, 2.45) is 0 Å². The minimum absolute atomic E-state index is 0.225. The van der Waals surface area contributed by atoms with Crippen molar-refractivity contribution < 1.29 is 19.0 Å². The zero-order valence-electron chi connectivity index (χ0n) is 15.6. The van der Waals surface area contributed by atoms with Gasteiger partial charge in [0, 0.05) is 21.8 Å². The first-order valence-corrected chi connectivity index (χ1v) is 8.97. The molecule has 5 nitrogen and oxygen atoms in total. The number of hydrogen-bond donors (Lipinski definition) is 1. The van der Waals surface area contributed by atoms with Crippen LogP contribution in [0.2, 0.25) is 5.02 Å². The number of nitrogens with one attached hydrogen (secondary N) is 1. The third-order valence-corrected chi connectivity index (χ3v) is 4.32. The number of halogens is 1. The normalized spacial score (nSPS) is 10.2. The Morgan fingerprint density at radius 1 is 0.929 bits per heavy atom. The molecule has 0 radical (unpaired) electrons. The fraction of sp³-hybridized carbons (Fsp3) is 0.136. The molecular weight excluding hydrogens is 378 g/mol. The van der Waals surface area contributed by atoms with Crippen molar-refractivity contribution in [2.75, 3.05) is 19.5 Å². The van der Waals surface area contributed by atoms with Gasteiger partial charge in [0.25, 0.3) is 5.91 Å². The lowest BCUT2D eigenvalue weighted by molar-refractivity contribution is 0.102. The van der Waals surface area contributed by atoms with Gasteiger partial charge in [-0.25, -0.2) is 0 Å². The molecule has 28 heavy (non-hydrogen) atoms. The quantitative estimate of drug-likeness (QED) is 0.596. The van der Waals surface area contributed by atoms with Crippen LogP contribution in [0.15, 0.2) is 66.7 Å². The summed E-state index contributed by atoms with van der Waals surface area (Å²) in [4.78, 5) is 12.6. The number of ether oxygens (including phenoxy) is 3. The molecule has 0 aliphatic rings. The smallest absolute Gasteiger partial charge is 0.255 e. The maximum Gasteiger partial charge on any atom is 0.255 e. The lowest BCUT2D eigenvalue weighted by atomic mass is 10.1. The lowest BCUT2D eigenvalue weighted by Crippen LogP contribution is -2.12. The third kappa shape index (κ3) is 4.96. The van der Waals surface area contributed by atoms with E-state index >= 15 is 0 Å². The third-order valence-electron chi connectivity index (χ3n) is 4.08. The number of anilines is 1. The van der Waals surface area contributed by atoms with E-state index in [0.29, 0.717) is 27.8 Å². The Labute approximate surface area is 168 Å². The average molecular weight is 398 g/mol. The molecule has 0 atom stereocenters. The standard InChI is InChI=1S/C22H20ClNO4/c1-26-19-9-7-18(8-10-19)24-22(25)15-6-11-21(27-2)16(12-15)14-28-20-5-3-4-17(23)13-20/h3-13H,14H2,1-2H3,(H,24,25). The van der Waals surface area contributed by atoms with Gasteiger partial charge in [0.05, 0.1) is 14.2 Å². The molecule has 3 rings (SSSR count). The molecule has 6 heteroatoms. The first-order chi connectivity index (χ1) is 13.6. The van der Waals surface area contributed by atoms with Crippen LogP contribution in [-0.2, 0) is 6.61 Å². The van der Waals surface area contributed by atoms with Gasteiger partial charge in [-0.15, -0.1) is 0 Å². The Balaban J connectivity index is 1.74. The Morgan fingerprint density at radius 3 is 2.39 bits per heavy atom. The van der Waals surface area contributed by atoms with Crippen molar-refractivity contribution in [2.45, 2.75) is 6.61 Å². The molecule has 3 aromatic rings. The lowest BCUT2D eigenvalue weighted by Gasteiger charge is -2.13. The second kappa shape index (κ2) is 9.15. The summed E-state index contributed by atoms with van der Waals surface area (Å²) >= 11 is 5.98. The van der Waals surface area contributed by atoms with E-state index in [1.807, 2.05) is 12.1 Å². The molecule has 0 fully saturated rings. The van der Waals surface area contributed by atoms with Gasteiger partial charge in [-0.05, 0) is 60.7 Å². The van der Waals surface area contributed by atoms with E-state index in [0.717, 1.165) is 11.3 Å². The summed E-state index contributed by atoms with van der Waals surface area (Å²) in [5.41, 5.74) is 1.93. The molecule has 0 aliphatic heterocycles. The number of carbonyl (C=O) groups is 1. The zero-order chi connectivity index (χ0) is 19.9. The largest absolute Gasteiger partial charge is 0.497 e. The summed E-state index contributed by atoms with van der Waals surface area (Å²) < 4.78 is 16.3.